The third-order valence-electron chi connectivity index (χ3n) is 3.39. The molecule has 5 nitrogen and oxygen atoms in total. The molecule has 1 amide bonds. The Kier molecular flexibility index (Phi) is 6.35. The zero-order valence-electron chi connectivity index (χ0n) is 13.9. The van der Waals surface area contributed by atoms with E-state index in [4.69, 9.17) is 0 Å². The molecule has 0 bridgehead atoms. The van der Waals surface area contributed by atoms with Gasteiger partial charge in [0.05, 0.1) is 5.69 Å². The van der Waals surface area contributed by atoms with Crippen LogP contribution in [-0.2, 0) is 0 Å². The molecule has 0 aliphatic rings. The summed E-state index contributed by atoms with van der Waals surface area (Å²) in [5.74, 6) is -5.13. The second-order valence-electron chi connectivity index (χ2n) is 5.69. The van der Waals surface area contributed by atoms with Gasteiger partial charge in [-0.3, -0.25) is 9.78 Å². The molecule has 0 saturated carbocycles. The molecule has 134 valence electrons. The third kappa shape index (κ3) is 5.18. The number of pyridine rings is 1. The summed E-state index contributed by atoms with van der Waals surface area (Å²) in [6.07, 6.45) is 2.35. The van der Waals surface area contributed by atoms with Crippen LogP contribution in [0.3, 0.4) is 0 Å². The van der Waals surface area contributed by atoms with Crippen molar-refractivity contribution in [3.05, 3.63) is 53.6 Å². The minimum Gasteiger partial charge on any atom is -0.385 e. The topological polar surface area (TPSA) is 57.3 Å². The van der Waals surface area contributed by atoms with E-state index < -0.39 is 29.0 Å². The number of carbonyl (C=O) groups excluding carboxylic acids is 1. The summed E-state index contributed by atoms with van der Waals surface area (Å²) in [6.45, 7) is 1.63. The smallest absolute Gasteiger partial charge is 0.274 e. The standard InChI is InChI=1S/C17H19F3N4O/c1-24(2)9-3-7-21-11-6-8-22-14(10-11)17(25)23-13-5-4-12(18)15(19)16(13)20/h4-6,8,10H,3,7,9H2,1-2H3,(H,21,22)(H,23,25). The fourth-order valence-electron chi connectivity index (χ4n) is 2.10. The number of nitrogens with one attached hydrogen (secondary N) is 2. The highest BCUT2D eigenvalue weighted by molar-refractivity contribution is 6.03. The molecule has 0 radical (unpaired) electrons. The molecule has 0 unspecified atom stereocenters. The Morgan fingerprint density at radius 2 is 1.92 bits per heavy atom. The summed E-state index contributed by atoms with van der Waals surface area (Å²) >= 11 is 0. The Bertz CT molecular complexity index is 753. The van der Waals surface area contributed by atoms with Gasteiger partial charge in [-0.25, -0.2) is 13.2 Å². The number of amides is 1. The molecule has 2 N–H and O–H groups in total. The molecule has 25 heavy (non-hydrogen) atoms. The number of nitrogens with zero attached hydrogens (tertiary/aromatic N) is 2. The van der Waals surface area contributed by atoms with Gasteiger partial charge in [0.15, 0.2) is 17.5 Å². The maximum Gasteiger partial charge on any atom is 0.274 e. The quantitative estimate of drug-likeness (QED) is 0.594. The molecule has 0 fully saturated rings. The van der Waals surface area contributed by atoms with E-state index in [1.165, 1.54) is 12.3 Å². The minimum atomic E-state index is -1.64. The first-order valence-electron chi connectivity index (χ1n) is 7.68. The van der Waals surface area contributed by atoms with Crippen molar-refractivity contribution in [2.75, 3.05) is 37.8 Å². The zero-order valence-corrected chi connectivity index (χ0v) is 13.9. The van der Waals surface area contributed by atoms with Gasteiger partial charge in [0.2, 0.25) is 0 Å². The maximum atomic E-state index is 13.6. The lowest BCUT2D eigenvalue weighted by Gasteiger charge is -2.11. The highest BCUT2D eigenvalue weighted by Crippen LogP contribution is 2.20. The number of aromatic nitrogens is 1. The first-order chi connectivity index (χ1) is 11.9. The number of hydrogen-bond donors (Lipinski definition) is 2. The van der Waals surface area contributed by atoms with Crippen LogP contribution in [0, 0.1) is 17.5 Å². The summed E-state index contributed by atoms with van der Waals surface area (Å²) in [6, 6.07) is 4.90. The van der Waals surface area contributed by atoms with Gasteiger partial charge in [0.1, 0.15) is 5.69 Å². The van der Waals surface area contributed by atoms with Crippen molar-refractivity contribution in [1.82, 2.24) is 9.88 Å². The van der Waals surface area contributed by atoms with Crippen molar-refractivity contribution >= 4 is 17.3 Å². The summed E-state index contributed by atoms with van der Waals surface area (Å²) in [7, 11) is 3.96. The molecule has 0 atom stereocenters. The summed E-state index contributed by atoms with van der Waals surface area (Å²) in [4.78, 5) is 18.1. The Hall–Kier alpha value is -2.61. The number of halogens is 3. The molecular weight excluding hydrogens is 333 g/mol. The number of benzene rings is 1. The molecule has 0 aliphatic carbocycles. The number of hydrogen-bond acceptors (Lipinski definition) is 4. The van der Waals surface area contributed by atoms with E-state index in [-0.39, 0.29) is 5.69 Å². The fourth-order valence-corrected chi connectivity index (χ4v) is 2.10. The van der Waals surface area contributed by atoms with Gasteiger partial charge < -0.3 is 15.5 Å². The van der Waals surface area contributed by atoms with E-state index in [1.54, 1.807) is 6.07 Å². The van der Waals surface area contributed by atoms with Gasteiger partial charge in [-0.15, -0.1) is 0 Å². The normalized spacial score (nSPS) is 10.8. The molecule has 0 saturated heterocycles. The van der Waals surface area contributed by atoms with Crippen LogP contribution in [0.2, 0.25) is 0 Å². The lowest BCUT2D eigenvalue weighted by molar-refractivity contribution is 0.102. The summed E-state index contributed by atoms with van der Waals surface area (Å²) in [5.41, 5.74) is 0.265. The molecule has 1 aromatic carbocycles. The second-order valence-corrected chi connectivity index (χ2v) is 5.69. The van der Waals surface area contributed by atoms with Gasteiger partial charge in [0.25, 0.3) is 5.91 Å². The van der Waals surface area contributed by atoms with Crippen molar-refractivity contribution in [2.24, 2.45) is 0 Å². The van der Waals surface area contributed by atoms with Crippen LogP contribution in [0.4, 0.5) is 24.5 Å². The van der Waals surface area contributed by atoms with E-state index in [0.717, 1.165) is 25.1 Å². The van der Waals surface area contributed by atoms with Crippen molar-refractivity contribution in [3.63, 3.8) is 0 Å². The van der Waals surface area contributed by atoms with Gasteiger partial charge in [-0.05, 0) is 51.3 Å². The Morgan fingerprint density at radius 3 is 2.64 bits per heavy atom. The molecule has 1 aromatic heterocycles. The second kappa shape index (κ2) is 8.48. The van der Waals surface area contributed by atoms with Gasteiger partial charge in [-0.1, -0.05) is 0 Å². The van der Waals surface area contributed by atoms with E-state index in [1.807, 2.05) is 14.1 Å². The molecule has 0 aliphatic heterocycles. The van der Waals surface area contributed by atoms with E-state index in [0.29, 0.717) is 12.2 Å². The summed E-state index contributed by atoms with van der Waals surface area (Å²) in [5, 5.41) is 5.34. The Balaban J connectivity index is 2.02. The lowest BCUT2D eigenvalue weighted by Crippen LogP contribution is -2.17. The van der Waals surface area contributed by atoms with Crippen LogP contribution in [0.1, 0.15) is 16.9 Å². The van der Waals surface area contributed by atoms with Crippen LogP contribution < -0.4 is 10.6 Å². The van der Waals surface area contributed by atoms with E-state index in [9.17, 15) is 18.0 Å². The number of carbonyl (C=O) groups is 1. The molecule has 0 spiro atoms. The molecule has 2 rings (SSSR count). The minimum absolute atomic E-state index is 0.0294. The van der Waals surface area contributed by atoms with Crippen LogP contribution in [0.25, 0.3) is 0 Å². The highest BCUT2D eigenvalue weighted by atomic mass is 19.2. The van der Waals surface area contributed by atoms with E-state index in [2.05, 4.69) is 20.5 Å². The van der Waals surface area contributed by atoms with Crippen LogP contribution in [-0.4, -0.2) is 43.0 Å². The average molecular weight is 352 g/mol. The van der Waals surface area contributed by atoms with Crippen molar-refractivity contribution in [3.8, 4) is 0 Å². The van der Waals surface area contributed by atoms with Crippen LogP contribution in [0.5, 0.6) is 0 Å². The third-order valence-corrected chi connectivity index (χ3v) is 3.39. The number of rotatable bonds is 7. The lowest BCUT2D eigenvalue weighted by atomic mass is 10.2. The van der Waals surface area contributed by atoms with Crippen molar-refractivity contribution in [2.45, 2.75) is 6.42 Å². The largest absolute Gasteiger partial charge is 0.385 e. The Morgan fingerprint density at radius 1 is 1.16 bits per heavy atom. The summed E-state index contributed by atoms with van der Waals surface area (Å²) < 4.78 is 39.7. The van der Waals surface area contributed by atoms with Crippen molar-refractivity contribution in [1.29, 1.82) is 0 Å². The fraction of sp³-hybridized carbons (Fsp3) is 0.294. The van der Waals surface area contributed by atoms with Crippen LogP contribution in [0.15, 0.2) is 30.5 Å². The first-order valence-corrected chi connectivity index (χ1v) is 7.68. The van der Waals surface area contributed by atoms with Gasteiger partial charge in [-0.2, -0.15) is 0 Å². The first kappa shape index (κ1) is 18.7. The zero-order chi connectivity index (χ0) is 18.4. The predicted octanol–water partition coefficient (Wildman–Crippen LogP) is 3.11. The van der Waals surface area contributed by atoms with E-state index >= 15 is 0 Å². The van der Waals surface area contributed by atoms with Crippen molar-refractivity contribution < 1.29 is 18.0 Å². The average Bonchev–Trinajstić information content (AvgIpc) is 2.59. The molecule has 8 heteroatoms. The van der Waals surface area contributed by atoms with Gasteiger partial charge >= 0.3 is 0 Å². The number of anilines is 2. The predicted molar refractivity (Wildman–Crippen MR) is 90.2 cm³/mol. The molecular formula is C17H19F3N4O. The molecule has 2 aromatic rings. The SMILES string of the molecule is CN(C)CCCNc1ccnc(C(=O)Nc2ccc(F)c(F)c2F)c1. The monoisotopic (exact) mass is 352 g/mol. The van der Waals surface area contributed by atoms with Crippen LogP contribution >= 0.6 is 0 Å². The van der Waals surface area contributed by atoms with Gasteiger partial charge in [0, 0.05) is 18.4 Å². The maximum absolute atomic E-state index is 13.6. The highest BCUT2D eigenvalue weighted by Gasteiger charge is 2.16. The molecule has 1 heterocycles. The Labute approximate surface area is 143 Å².